The molecule has 1 amide bonds. The van der Waals surface area contributed by atoms with Gasteiger partial charge in [0.05, 0.1) is 0 Å². The van der Waals surface area contributed by atoms with E-state index < -0.39 is 0 Å². The summed E-state index contributed by atoms with van der Waals surface area (Å²) in [7, 11) is 0. The first-order valence-electron chi connectivity index (χ1n) is 8.17. The van der Waals surface area contributed by atoms with Crippen molar-refractivity contribution in [1.82, 2.24) is 4.98 Å². The Hall–Kier alpha value is -2.65. The number of halogens is 1. The van der Waals surface area contributed by atoms with Crippen molar-refractivity contribution in [3.8, 4) is 0 Å². The van der Waals surface area contributed by atoms with E-state index in [9.17, 15) is 4.79 Å². The van der Waals surface area contributed by atoms with Crippen LogP contribution < -0.4 is 5.32 Å². The number of anilines is 1. The van der Waals surface area contributed by atoms with E-state index in [2.05, 4.69) is 16.4 Å². The first-order chi connectivity index (χ1) is 12.1. The lowest BCUT2D eigenvalue weighted by Crippen LogP contribution is -2.12. The lowest BCUT2D eigenvalue weighted by atomic mass is 10.0. The summed E-state index contributed by atoms with van der Waals surface area (Å²) in [5.41, 5.74) is 4.72. The van der Waals surface area contributed by atoms with Crippen LogP contribution in [0.4, 0.5) is 5.69 Å². The molecule has 0 radical (unpaired) electrons. The molecule has 0 unspecified atom stereocenters. The Balaban J connectivity index is 1.66. The summed E-state index contributed by atoms with van der Waals surface area (Å²) in [6.07, 6.45) is 5.45. The quantitative estimate of drug-likeness (QED) is 0.697. The summed E-state index contributed by atoms with van der Waals surface area (Å²) in [5, 5.41) is 3.53. The zero-order chi connectivity index (χ0) is 17.6. The Morgan fingerprint density at radius 3 is 2.52 bits per heavy atom. The minimum absolute atomic E-state index is 0.159. The predicted molar refractivity (Wildman–Crippen MR) is 102 cm³/mol. The van der Waals surface area contributed by atoms with Crippen molar-refractivity contribution < 1.29 is 4.79 Å². The van der Waals surface area contributed by atoms with Gasteiger partial charge in [0.25, 0.3) is 5.91 Å². The standard InChI is InChI=1S/C21H19ClN2O/c1-15-5-8-18(14-20(15)22)21(25)24-19-4-2-3-17(13-19)7-6-16-9-11-23-12-10-16/h2-5,8-14H,6-7H2,1H3,(H,24,25). The highest BCUT2D eigenvalue weighted by molar-refractivity contribution is 6.31. The maximum absolute atomic E-state index is 12.4. The molecule has 0 aliphatic carbocycles. The Labute approximate surface area is 152 Å². The van der Waals surface area contributed by atoms with Gasteiger partial charge in [0, 0.05) is 28.7 Å². The summed E-state index contributed by atoms with van der Waals surface area (Å²) < 4.78 is 0. The van der Waals surface area contributed by atoms with Crippen LogP contribution in [-0.4, -0.2) is 10.9 Å². The van der Waals surface area contributed by atoms with Crippen molar-refractivity contribution in [3.05, 3.63) is 94.3 Å². The van der Waals surface area contributed by atoms with Crippen LogP contribution >= 0.6 is 11.6 Å². The second kappa shape index (κ2) is 7.95. The number of benzene rings is 2. The van der Waals surface area contributed by atoms with E-state index in [0.717, 1.165) is 24.1 Å². The molecule has 1 N–H and O–H groups in total. The maximum Gasteiger partial charge on any atom is 0.255 e. The van der Waals surface area contributed by atoms with Crippen LogP contribution in [-0.2, 0) is 12.8 Å². The van der Waals surface area contributed by atoms with E-state index >= 15 is 0 Å². The first kappa shape index (κ1) is 17.2. The highest BCUT2D eigenvalue weighted by atomic mass is 35.5. The third kappa shape index (κ3) is 4.68. The molecule has 0 aliphatic heterocycles. The number of aromatic nitrogens is 1. The van der Waals surface area contributed by atoms with E-state index in [-0.39, 0.29) is 5.91 Å². The van der Waals surface area contributed by atoms with E-state index in [0.29, 0.717) is 10.6 Å². The number of carbonyl (C=O) groups is 1. The van der Waals surface area contributed by atoms with Gasteiger partial charge in [-0.3, -0.25) is 9.78 Å². The average molecular weight is 351 g/mol. The molecular weight excluding hydrogens is 332 g/mol. The third-order valence-electron chi connectivity index (χ3n) is 4.07. The molecule has 25 heavy (non-hydrogen) atoms. The molecular formula is C21H19ClN2O. The lowest BCUT2D eigenvalue weighted by molar-refractivity contribution is 0.102. The van der Waals surface area contributed by atoms with Gasteiger partial charge < -0.3 is 5.32 Å². The fourth-order valence-electron chi connectivity index (χ4n) is 2.58. The summed E-state index contributed by atoms with van der Waals surface area (Å²) in [6.45, 7) is 1.91. The van der Waals surface area contributed by atoms with Crippen molar-refractivity contribution in [3.63, 3.8) is 0 Å². The molecule has 0 saturated carbocycles. The van der Waals surface area contributed by atoms with Crippen LogP contribution in [0.2, 0.25) is 5.02 Å². The molecule has 4 heteroatoms. The second-order valence-corrected chi connectivity index (χ2v) is 6.38. The van der Waals surface area contributed by atoms with Gasteiger partial charge in [-0.2, -0.15) is 0 Å². The normalized spacial score (nSPS) is 10.5. The molecule has 0 spiro atoms. The highest BCUT2D eigenvalue weighted by Gasteiger charge is 2.08. The molecule has 1 heterocycles. The number of carbonyl (C=O) groups excluding carboxylic acids is 1. The van der Waals surface area contributed by atoms with Crippen LogP contribution in [0.3, 0.4) is 0 Å². The Morgan fingerprint density at radius 2 is 1.76 bits per heavy atom. The fraction of sp³-hybridized carbons (Fsp3) is 0.143. The molecule has 2 aromatic carbocycles. The lowest BCUT2D eigenvalue weighted by Gasteiger charge is -2.09. The van der Waals surface area contributed by atoms with Crippen molar-refractivity contribution in [2.75, 3.05) is 5.32 Å². The molecule has 0 bridgehead atoms. The number of hydrogen-bond acceptors (Lipinski definition) is 2. The third-order valence-corrected chi connectivity index (χ3v) is 4.48. The van der Waals surface area contributed by atoms with E-state index in [4.69, 9.17) is 11.6 Å². The fourth-order valence-corrected chi connectivity index (χ4v) is 2.76. The van der Waals surface area contributed by atoms with Gasteiger partial charge in [-0.1, -0.05) is 29.8 Å². The number of nitrogens with one attached hydrogen (secondary N) is 1. The van der Waals surface area contributed by atoms with E-state index in [1.807, 2.05) is 43.3 Å². The average Bonchev–Trinajstić information content (AvgIpc) is 2.63. The van der Waals surface area contributed by atoms with Gasteiger partial charge >= 0.3 is 0 Å². The molecule has 3 rings (SSSR count). The topological polar surface area (TPSA) is 42.0 Å². The molecule has 0 aliphatic rings. The number of pyridine rings is 1. The van der Waals surface area contributed by atoms with E-state index in [1.54, 1.807) is 24.5 Å². The Morgan fingerprint density at radius 1 is 1.00 bits per heavy atom. The van der Waals surface area contributed by atoms with Crippen molar-refractivity contribution in [1.29, 1.82) is 0 Å². The zero-order valence-corrected chi connectivity index (χ0v) is 14.8. The van der Waals surface area contributed by atoms with Crippen molar-refractivity contribution in [2.45, 2.75) is 19.8 Å². The van der Waals surface area contributed by atoms with Crippen LogP contribution in [0, 0.1) is 6.92 Å². The van der Waals surface area contributed by atoms with E-state index in [1.165, 1.54) is 11.1 Å². The van der Waals surface area contributed by atoms with Crippen molar-refractivity contribution in [2.24, 2.45) is 0 Å². The number of amides is 1. The SMILES string of the molecule is Cc1ccc(C(=O)Nc2cccc(CCc3ccncc3)c2)cc1Cl. The molecule has 0 fully saturated rings. The second-order valence-electron chi connectivity index (χ2n) is 5.97. The molecule has 3 aromatic rings. The number of hydrogen-bond donors (Lipinski definition) is 1. The van der Waals surface area contributed by atoms with Crippen molar-refractivity contribution >= 4 is 23.2 Å². The van der Waals surface area contributed by atoms with Crippen LogP contribution in [0.5, 0.6) is 0 Å². The largest absolute Gasteiger partial charge is 0.322 e. The molecule has 0 atom stereocenters. The minimum Gasteiger partial charge on any atom is -0.322 e. The maximum atomic E-state index is 12.4. The number of rotatable bonds is 5. The minimum atomic E-state index is -0.159. The van der Waals surface area contributed by atoms with Gasteiger partial charge in [0.1, 0.15) is 0 Å². The van der Waals surface area contributed by atoms with Gasteiger partial charge in [-0.15, -0.1) is 0 Å². The first-order valence-corrected chi connectivity index (χ1v) is 8.55. The van der Waals surface area contributed by atoms with Crippen LogP contribution in [0.15, 0.2) is 67.0 Å². The number of nitrogens with zero attached hydrogens (tertiary/aromatic N) is 1. The van der Waals surface area contributed by atoms with Crippen LogP contribution in [0.1, 0.15) is 27.0 Å². The molecule has 3 nitrogen and oxygen atoms in total. The van der Waals surface area contributed by atoms with Crippen LogP contribution in [0.25, 0.3) is 0 Å². The Kier molecular flexibility index (Phi) is 5.46. The highest BCUT2D eigenvalue weighted by Crippen LogP contribution is 2.19. The molecule has 1 aromatic heterocycles. The van der Waals surface area contributed by atoms with Gasteiger partial charge in [-0.25, -0.2) is 0 Å². The van der Waals surface area contributed by atoms with Gasteiger partial charge in [-0.05, 0) is 72.9 Å². The summed E-state index contributed by atoms with van der Waals surface area (Å²) >= 11 is 6.10. The summed E-state index contributed by atoms with van der Waals surface area (Å²) in [4.78, 5) is 16.4. The zero-order valence-electron chi connectivity index (χ0n) is 14.0. The summed E-state index contributed by atoms with van der Waals surface area (Å²) in [5.74, 6) is -0.159. The predicted octanol–water partition coefficient (Wildman–Crippen LogP) is 5.08. The monoisotopic (exact) mass is 350 g/mol. The summed E-state index contributed by atoms with van der Waals surface area (Å²) in [6, 6.07) is 17.3. The number of aryl methyl sites for hydroxylation is 3. The molecule has 0 saturated heterocycles. The molecule has 126 valence electrons. The smallest absolute Gasteiger partial charge is 0.255 e. The Bertz CT molecular complexity index is 878. The van der Waals surface area contributed by atoms with Gasteiger partial charge in [0.15, 0.2) is 0 Å². The van der Waals surface area contributed by atoms with Gasteiger partial charge in [0.2, 0.25) is 0 Å².